The molecule has 0 spiro atoms. The molecule has 0 saturated carbocycles. The molecule has 2 amide bonds. The standard InChI is InChI=1S/C26H25N5O4/c1-17-28-21-4-2-3-19(24(21)26(34)31(17)22-9-10-23(32)29-25(22)33)6-8-20-7-5-18(15-27-20)16-30-11-13-35-14-12-30/h2-5,7,15,22H,9-14,16H2,1H3,(H,29,32,33). The second-order valence-electron chi connectivity index (χ2n) is 8.69. The van der Waals surface area contributed by atoms with Crippen LogP contribution in [0.25, 0.3) is 10.9 Å². The first-order valence-electron chi connectivity index (χ1n) is 11.6. The van der Waals surface area contributed by atoms with Crippen LogP contribution in [0.3, 0.4) is 0 Å². The van der Waals surface area contributed by atoms with Crippen LogP contribution in [0.5, 0.6) is 0 Å². The lowest BCUT2D eigenvalue weighted by atomic mass is 10.0. The zero-order valence-corrected chi connectivity index (χ0v) is 19.4. The van der Waals surface area contributed by atoms with Gasteiger partial charge in [-0.05, 0) is 43.0 Å². The quantitative estimate of drug-likeness (QED) is 0.453. The predicted molar refractivity (Wildman–Crippen MR) is 128 cm³/mol. The molecule has 2 aromatic heterocycles. The van der Waals surface area contributed by atoms with Crippen LogP contribution in [0.2, 0.25) is 0 Å². The van der Waals surface area contributed by atoms with Gasteiger partial charge in [-0.15, -0.1) is 0 Å². The van der Waals surface area contributed by atoms with E-state index < -0.39 is 11.9 Å². The largest absolute Gasteiger partial charge is 0.379 e. The summed E-state index contributed by atoms with van der Waals surface area (Å²) >= 11 is 0. The highest BCUT2D eigenvalue weighted by Gasteiger charge is 2.30. The number of nitrogens with one attached hydrogen (secondary N) is 1. The molecule has 0 radical (unpaired) electrons. The van der Waals surface area contributed by atoms with Crippen molar-refractivity contribution in [2.75, 3.05) is 26.3 Å². The number of rotatable bonds is 3. The lowest BCUT2D eigenvalue weighted by Crippen LogP contribution is -2.45. The molecule has 1 aromatic carbocycles. The van der Waals surface area contributed by atoms with E-state index in [1.54, 1.807) is 25.1 Å². The van der Waals surface area contributed by atoms with Crippen molar-refractivity contribution in [2.24, 2.45) is 0 Å². The fraction of sp³-hybridized carbons (Fsp3) is 0.346. The Morgan fingerprint density at radius 1 is 1.11 bits per heavy atom. The van der Waals surface area contributed by atoms with E-state index in [0.717, 1.165) is 38.4 Å². The molecule has 1 atom stereocenters. The van der Waals surface area contributed by atoms with Crippen molar-refractivity contribution in [2.45, 2.75) is 32.4 Å². The molecule has 0 bridgehead atoms. The number of ether oxygens (including phenoxy) is 1. The van der Waals surface area contributed by atoms with Crippen LogP contribution in [0.15, 0.2) is 41.3 Å². The van der Waals surface area contributed by atoms with Crippen LogP contribution in [0.1, 0.15) is 41.5 Å². The molecule has 2 aliphatic heterocycles. The molecule has 1 N–H and O–H groups in total. The third-order valence-electron chi connectivity index (χ3n) is 6.29. The maximum atomic E-state index is 13.5. The topological polar surface area (TPSA) is 106 Å². The van der Waals surface area contributed by atoms with Gasteiger partial charge in [0.1, 0.15) is 17.6 Å². The number of hydrogen-bond acceptors (Lipinski definition) is 7. The molecule has 9 heteroatoms. The van der Waals surface area contributed by atoms with Crippen molar-refractivity contribution in [3.05, 3.63) is 69.5 Å². The number of aryl methyl sites for hydroxylation is 1. The second-order valence-corrected chi connectivity index (χ2v) is 8.69. The highest BCUT2D eigenvalue weighted by Crippen LogP contribution is 2.21. The molecule has 2 fully saturated rings. The van der Waals surface area contributed by atoms with Crippen LogP contribution < -0.4 is 10.9 Å². The van der Waals surface area contributed by atoms with Gasteiger partial charge in [-0.1, -0.05) is 18.1 Å². The number of imide groups is 1. The van der Waals surface area contributed by atoms with Gasteiger partial charge >= 0.3 is 0 Å². The number of carbonyl (C=O) groups excluding carboxylic acids is 2. The van der Waals surface area contributed by atoms with Crippen molar-refractivity contribution < 1.29 is 14.3 Å². The van der Waals surface area contributed by atoms with Crippen LogP contribution in [-0.4, -0.2) is 57.6 Å². The predicted octanol–water partition coefficient (Wildman–Crippen LogP) is 1.31. The zero-order chi connectivity index (χ0) is 24.4. The summed E-state index contributed by atoms with van der Waals surface area (Å²) in [6, 6.07) is 8.42. The summed E-state index contributed by atoms with van der Waals surface area (Å²) in [5.41, 5.74) is 2.38. The molecule has 4 heterocycles. The maximum Gasteiger partial charge on any atom is 0.263 e. The number of amides is 2. The van der Waals surface area contributed by atoms with Crippen LogP contribution in [0, 0.1) is 18.8 Å². The van der Waals surface area contributed by atoms with E-state index in [1.807, 2.05) is 18.3 Å². The number of hydrogen-bond donors (Lipinski definition) is 1. The number of pyridine rings is 1. The average molecular weight is 472 g/mol. The van der Waals surface area contributed by atoms with Gasteiger partial charge < -0.3 is 4.74 Å². The van der Waals surface area contributed by atoms with Crippen molar-refractivity contribution in [3.8, 4) is 11.8 Å². The number of benzene rings is 1. The van der Waals surface area contributed by atoms with Gasteiger partial charge in [-0.2, -0.15) is 0 Å². The van der Waals surface area contributed by atoms with E-state index >= 15 is 0 Å². The Kier molecular flexibility index (Phi) is 6.40. The number of carbonyl (C=O) groups is 2. The Balaban J connectivity index is 1.45. The third kappa shape index (κ3) is 4.85. The summed E-state index contributed by atoms with van der Waals surface area (Å²) < 4.78 is 6.76. The minimum absolute atomic E-state index is 0.176. The highest BCUT2D eigenvalue weighted by atomic mass is 16.5. The first-order valence-corrected chi connectivity index (χ1v) is 11.6. The molecule has 2 saturated heterocycles. The normalized spacial score (nSPS) is 18.7. The Morgan fingerprint density at radius 3 is 2.69 bits per heavy atom. The molecule has 35 heavy (non-hydrogen) atoms. The molecular formula is C26H25N5O4. The Morgan fingerprint density at radius 2 is 1.94 bits per heavy atom. The summed E-state index contributed by atoms with van der Waals surface area (Å²) in [7, 11) is 0. The van der Waals surface area contributed by atoms with E-state index in [1.165, 1.54) is 4.57 Å². The third-order valence-corrected chi connectivity index (χ3v) is 6.29. The minimum Gasteiger partial charge on any atom is -0.379 e. The number of nitrogens with zero attached hydrogens (tertiary/aromatic N) is 4. The SMILES string of the molecule is Cc1nc2cccc(C#Cc3ccc(CN4CCOCC4)cn3)c2c(=O)n1C1CCC(=O)NC1=O. The smallest absolute Gasteiger partial charge is 0.263 e. The lowest BCUT2D eigenvalue weighted by molar-refractivity contribution is -0.135. The molecule has 178 valence electrons. The first-order chi connectivity index (χ1) is 17.0. The molecule has 9 nitrogen and oxygen atoms in total. The highest BCUT2D eigenvalue weighted by molar-refractivity contribution is 5.99. The van der Waals surface area contributed by atoms with Crippen molar-refractivity contribution in [1.82, 2.24) is 24.8 Å². The van der Waals surface area contributed by atoms with E-state index in [2.05, 4.69) is 32.0 Å². The summed E-state index contributed by atoms with van der Waals surface area (Å²) in [5.74, 6) is 5.71. The fourth-order valence-corrected chi connectivity index (χ4v) is 4.49. The van der Waals surface area contributed by atoms with E-state index in [9.17, 15) is 14.4 Å². The molecule has 0 aliphatic carbocycles. The average Bonchev–Trinajstić information content (AvgIpc) is 2.85. The number of fused-ring (bicyclic) bond motifs is 1. The van der Waals surface area contributed by atoms with E-state index in [-0.39, 0.29) is 24.3 Å². The fourth-order valence-electron chi connectivity index (χ4n) is 4.49. The zero-order valence-electron chi connectivity index (χ0n) is 19.4. The van der Waals surface area contributed by atoms with Crippen LogP contribution in [-0.2, 0) is 20.9 Å². The number of morpholine rings is 1. The van der Waals surface area contributed by atoms with Crippen molar-refractivity contribution in [3.63, 3.8) is 0 Å². The minimum atomic E-state index is -0.779. The van der Waals surface area contributed by atoms with Gasteiger partial charge in [-0.25, -0.2) is 9.97 Å². The molecule has 1 unspecified atom stereocenters. The lowest BCUT2D eigenvalue weighted by Gasteiger charge is -2.26. The summed E-state index contributed by atoms with van der Waals surface area (Å²) in [6.45, 7) is 5.83. The van der Waals surface area contributed by atoms with Gasteiger partial charge in [-0.3, -0.25) is 29.2 Å². The summed E-state index contributed by atoms with van der Waals surface area (Å²) in [6.07, 6.45) is 2.26. The molecule has 5 rings (SSSR count). The van der Waals surface area contributed by atoms with Crippen molar-refractivity contribution in [1.29, 1.82) is 0 Å². The van der Waals surface area contributed by atoms with Crippen LogP contribution >= 0.6 is 0 Å². The first kappa shape index (κ1) is 22.9. The van der Waals surface area contributed by atoms with Gasteiger partial charge in [0.25, 0.3) is 5.56 Å². The van der Waals surface area contributed by atoms with Gasteiger partial charge in [0.2, 0.25) is 11.8 Å². The summed E-state index contributed by atoms with van der Waals surface area (Å²) in [4.78, 5) is 48.8. The maximum absolute atomic E-state index is 13.5. The van der Waals surface area contributed by atoms with E-state index in [0.29, 0.717) is 28.0 Å². The van der Waals surface area contributed by atoms with Crippen molar-refractivity contribution >= 4 is 22.7 Å². The van der Waals surface area contributed by atoms with E-state index in [4.69, 9.17) is 4.74 Å². The Labute approximate surface area is 202 Å². The Hall–Kier alpha value is -3.87. The number of aromatic nitrogens is 3. The molecule has 2 aliphatic rings. The molecular weight excluding hydrogens is 446 g/mol. The Bertz CT molecular complexity index is 1410. The van der Waals surface area contributed by atoms with Gasteiger partial charge in [0, 0.05) is 37.8 Å². The summed E-state index contributed by atoms with van der Waals surface area (Å²) in [5, 5.41) is 2.66. The van der Waals surface area contributed by atoms with Gasteiger partial charge in [0.05, 0.1) is 24.1 Å². The number of piperidine rings is 1. The van der Waals surface area contributed by atoms with Gasteiger partial charge in [0.15, 0.2) is 0 Å². The monoisotopic (exact) mass is 471 g/mol. The second kappa shape index (κ2) is 9.78. The molecule has 3 aromatic rings. The van der Waals surface area contributed by atoms with Crippen LogP contribution in [0.4, 0.5) is 0 Å².